The predicted octanol–water partition coefficient (Wildman–Crippen LogP) is 6.08. The molecule has 1 unspecified atom stereocenters. The average molecular weight is 592 g/mol. The Kier molecular flexibility index (Phi) is 12.2. The van der Waals surface area contributed by atoms with Crippen molar-refractivity contribution in [3.05, 3.63) is 95.6 Å². The van der Waals surface area contributed by atoms with Gasteiger partial charge in [-0.1, -0.05) is 94.3 Å². The lowest BCUT2D eigenvalue weighted by Gasteiger charge is -2.33. The summed E-state index contributed by atoms with van der Waals surface area (Å²) in [5, 5.41) is 2.97. The molecule has 8 heteroatoms. The fourth-order valence-electron chi connectivity index (χ4n) is 4.79. The molecule has 3 aromatic rings. The second-order valence-corrected chi connectivity index (χ2v) is 12.8. The number of benzene rings is 3. The first kappa shape index (κ1) is 32.9. The molecule has 3 aromatic carbocycles. The third-order valence-electron chi connectivity index (χ3n) is 7.44. The number of hydrogen-bond acceptors (Lipinski definition) is 4. The number of rotatable bonds is 15. The molecular formula is C34H45N3O4S. The highest BCUT2D eigenvalue weighted by Crippen LogP contribution is 2.27. The Bertz CT molecular complexity index is 1390. The molecular weight excluding hydrogens is 546 g/mol. The van der Waals surface area contributed by atoms with Gasteiger partial charge in [-0.3, -0.25) is 13.9 Å². The lowest BCUT2D eigenvalue weighted by molar-refractivity contribution is -0.139. The van der Waals surface area contributed by atoms with Gasteiger partial charge in [-0.2, -0.15) is 0 Å². The molecule has 0 radical (unpaired) electrons. The Hall–Kier alpha value is -3.65. The second kappa shape index (κ2) is 15.5. The van der Waals surface area contributed by atoms with Crippen molar-refractivity contribution >= 4 is 27.5 Å². The lowest BCUT2D eigenvalue weighted by atomic mass is 10.0. The van der Waals surface area contributed by atoms with Gasteiger partial charge in [0.25, 0.3) is 10.0 Å². The van der Waals surface area contributed by atoms with Crippen molar-refractivity contribution in [2.75, 3.05) is 23.9 Å². The van der Waals surface area contributed by atoms with Crippen molar-refractivity contribution < 1.29 is 18.0 Å². The molecule has 0 aliphatic carbocycles. The largest absolute Gasteiger partial charge is 0.354 e. The molecule has 226 valence electrons. The Morgan fingerprint density at radius 2 is 1.52 bits per heavy atom. The zero-order valence-electron chi connectivity index (χ0n) is 25.5. The van der Waals surface area contributed by atoms with Gasteiger partial charge in [0.2, 0.25) is 11.8 Å². The van der Waals surface area contributed by atoms with Gasteiger partial charge < -0.3 is 10.2 Å². The molecule has 0 heterocycles. The zero-order valence-corrected chi connectivity index (χ0v) is 26.4. The molecule has 0 saturated heterocycles. The maximum atomic E-state index is 14.1. The number of nitrogens with one attached hydrogen (secondary N) is 1. The summed E-state index contributed by atoms with van der Waals surface area (Å²) < 4.78 is 29.2. The maximum Gasteiger partial charge on any atom is 0.264 e. The minimum atomic E-state index is -4.08. The molecule has 3 rings (SSSR count). The monoisotopic (exact) mass is 591 g/mol. The van der Waals surface area contributed by atoms with E-state index in [9.17, 15) is 18.0 Å². The van der Waals surface area contributed by atoms with Crippen molar-refractivity contribution in [1.29, 1.82) is 0 Å². The fraction of sp³-hybridized carbons (Fsp3) is 0.412. The first-order chi connectivity index (χ1) is 20.1. The van der Waals surface area contributed by atoms with Crippen LogP contribution in [0.15, 0.2) is 83.8 Å². The number of anilines is 1. The van der Waals surface area contributed by atoms with Crippen LogP contribution in [0.25, 0.3) is 0 Å². The van der Waals surface area contributed by atoms with Gasteiger partial charge in [-0.15, -0.1) is 0 Å². The fourth-order valence-corrected chi connectivity index (χ4v) is 6.21. The number of carbonyl (C=O) groups excluding carboxylic acids is 2. The molecule has 1 atom stereocenters. The third-order valence-corrected chi connectivity index (χ3v) is 9.22. The van der Waals surface area contributed by atoms with Crippen LogP contribution in [0.4, 0.5) is 5.69 Å². The van der Waals surface area contributed by atoms with Crippen molar-refractivity contribution in [2.45, 2.75) is 77.2 Å². The molecule has 0 fully saturated rings. The summed E-state index contributed by atoms with van der Waals surface area (Å²) in [5.74, 6) is -0.374. The Balaban J connectivity index is 2.00. The summed E-state index contributed by atoms with van der Waals surface area (Å²) in [5.41, 5.74) is 3.43. The van der Waals surface area contributed by atoms with Gasteiger partial charge in [0.1, 0.15) is 12.6 Å². The molecule has 0 aromatic heterocycles. The van der Waals surface area contributed by atoms with E-state index >= 15 is 0 Å². The van der Waals surface area contributed by atoms with Gasteiger partial charge in [0.15, 0.2) is 0 Å². The highest BCUT2D eigenvalue weighted by Gasteiger charge is 2.33. The summed E-state index contributed by atoms with van der Waals surface area (Å²) in [6.45, 7) is 10.3. The standard InChI is InChI=1S/C34H45N3O4S/c1-6-8-23-35-34(39)32(7-2)36(24-22-28-12-10-9-11-13-28)33(38)25-37(30-18-16-29(17-19-30)26(3)4)42(40,41)31-20-14-27(5)15-21-31/h9-21,26,32H,6-8,22-25H2,1-5H3,(H,35,39). The zero-order chi connectivity index (χ0) is 30.7. The van der Waals surface area contributed by atoms with E-state index in [4.69, 9.17) is 0 Å². The van der Waals surface area contributed by atoms with Crippen LogP contribution in [0.1, 0.15) is 69.6 Å². The number of sulfonamides is 1. The maximum absolute atomic E-state index is 14.1. The SMILES string of the molecule is CCCCNC(=O)C(CC)N(CCc1ccccc1)C(=O)CN(c1ccc(C(C)C)cc1)S(=O)(=O)c1ccc(C)cc1. The molecule has 0 aliphatic rings. The van der Waals surface area contributed by atoms with E-state index in [2.05, 4.69) is 26.1 Å². The Labute approximate surface area is 252 Å². The van der Waals surface area contributed by atoms with Crippen molar-refractivity contribution in [3.63, 3.8) is 0 Å². The molecule has 0 aliphatic heterocycles. The number of nitrogens with zero attached hydrogens (tertiary/aromatic N) is 2. The van der Waals surface area contributed by atoms with Crippen LogP contribution >= 0.6 is 0 Å². The number of unbranched alkanes of at least 4 members (excludes halogenated alkanes) is 1. The molecule has 0 saturated carbocycles. The van der Waals surface area contributed by atoms with E-state index in [1.807, 2.05) is 56.3 Å². The number of aryl methyl sites for hydroxylation is 1. The molecule has 7 nitrogen and oxygen atoms in total. The summed E-state index contributed by atoms with van der Waals surface area (Å²) in [6.07, 6.45) is 2.73. The second-order valence-electron chi connectivity index (χ2n) is 11.0. The minimum absolute atomic E-state index is 0.106. The van der Waals surface area contributed by atoms with Crippen LogP contribution < -0.4 is 9.62 Å². The van der Waals surface area contributed by atoms with E-state index < -0.39 is 28.5 Å². The molecule has 42 heavy (non-hydrogen) atoms. The van der Waals surface area contributed by atoms with Gasteiger partial charge in [-0.25, -0.2) is 8.42 Å². The number of amides is 2. The summed E-state index contributed by atoms with van der Waals surface area (Å²) >= 11 is 0. The Morgan fingerprint density at radius 1 is 0.881 bits per heavy atom. The summed E-state index contributed by atoms with van der Waals surface area (Å²) in [6, 6.07) is 23.0. The molecule has 2 amide bonds. The first-order valence-corrected chi connectivity index (χ1v) is 16.3. The summed E-state index contributed by atoms with van der Waals surface area (Å²) in [7, 11) is -4.08. The highest BCUT2D eigenvalue weighted by molar-refractivity contribution is 7.92. The van der Waals surface area contributed by atoms with Crippen molar-refractivity contribution in [1.82, 2.24) is 10.2 Å². The smallest absolute Gasteiger partial charge is 0.264 e. The third kappa shape index (κ3) is 8.68. The van der Waals surface area contributed by atoms with Crippen molar-refractivity contribution in [3.8, 4) is 0 Å². The van der Waals surface area contributed by atoms with Crippen LogP contribution in [0.3, 0.4) is 0 Å². The first-order valence-electron chi connectivity index (χ1n) is 14.9. The van der Waals surface area contributed by atoms with Gasteiger partial charge in [0, 0.05) is 13.1 Å². The predicted molar refractivity (Wildman–Crippen MR) is 170 cm³/mol. The van der Waals surface area contributed by atoms with Crippen LogP contribution in [-0.2, 0) is 26.0 Å². The number of carbonyl (C=O) groups is 2. The van der Waals surface area contributed by atoms with E-state index in [0.717, 1.165) is 29.5 Å². The van der Waals surface area contributed by atoms with Crippen LogP contribution in [0.5, 0.6) is 0 Å². The quantitative estimate of drug-likeness (QED) is 0.217. The van der Waals surface area contributed by atoms with E-state index in [1.165, 1.54) is 4.31 Å². The Morgan fingerprint density at radius 3 is 2.10 bits per heavy atom. The van der Waals surface area contributed by atoms with Crippen LogP contribution in [-0.4, -0.2) is 50.8 Å². The van der Waals surface area contributed by atoms with E-state index in [0.29, 0.717) is 25.1 Å². The van der Waals surface area contributed by atoms with Crippen LogP contribution in [0, 0.1) is 6.92 Å². The molecule has 0 spiro atoms. The highest BCUT2D eigenvalue weighted by atomic mass is 32.2. The summed E-state index contributed by atoms with van der Waals surface area (Å²) in [4.78, 5) is 29.1. The number of hydrogen-bond donors (Lipinski definition) is 1. The van der Waals surface area contributed by atoms with Crippen molar-refractivity contribution in [2.24, 2.45) is 0 Å². The minimum Gasteiger partial charge on any atom is -0.354 e. The van der Waals surface area contributed by atoms with Gasteiger partial charge >= 0.3 is 0 Å². The van der Waals surface area contributed by atoms with Gasteiger partial charge in [0.05, 0.1) is 10.6 Å². The van der Waals surface area contributed by atoms with E-state index in [-0.39, 0.29) is 23.3 Å². The lowest BCUT2D eigenvalue weighted by Crippen LogP contribution is -2.53. The molecule has 0 bridgehead atoms. The van der Waals surface area contributed by atoms with Gasteiger partial charge in [-0.05, 0) is 67.5 Å². The van der Waals surface area contributed by atoms with Crippen LogP contribution in [0.2, 0.25) is 0 Å². The average Bonchev–Trinajstić information content (AvgIpc) is 2.98. The topological polar surface area (TPSA) is 86.8 Å². The van der Waals surface area contributed by atoms with E-state index in [1.54, 1.807) is 41.3 Å². The molecule has 1 N–H and O–H groups in total. The normalized spacial score (nSPS) is 12.1.